The van der Waals surface area contributed by atoms with Crippen molar-refractivity contribution >= 4 is 51.1 Å². The minimum absolute atomic E-state index is 0.188. The summed E-state index contributed by atoms with van der Waals surface area (Å²) in [5.74, 6) is 0.0289. The molecule has 2 N–H and O–H groups in total. The number of carbonyl (C=O) groups excluding carboxylic acids is 2. The molecule has 0 spiro atoms. The maximum absolute atomic E-state index is 12.6. The van der Waals surface area contributed by atoms with Gasteiger partial charge in [-0.05, 0) is 55.0 Å². The van der Waals surface area contributed by atoms with Crippen molar-refractivity contribution in [2.24, 2.45) is 0 Å². The van der Waals surface area contributed by atoms with Gasteiger partial charge in [-0.1, -0.05) is 24.3 Å². The number of hydrogen-bond acceptors (Lipinski definition) is 3. The predicted molar refractivity (Wildman–Crippen MR) is 130 cm³/mol. The molecule has 2 amide bonds. The Hall–Kier alpha value is -4.06. The van der Waals surface area contributed by atoms with Crippen LogP contribution in [0.2, 0.25) is 0 Å². The average molecular weight is 428 g/mol. The van der Waals surface area contributed by atoms with E-state index in [1.165, 1.54) is 36.5 Å². The fourth-order valence-electron chi connectivity index (χ4n) is 3.95. The van der Waals surface area contributed by atoms with E-state index in [4.69, 9.17) is 4.74 Å². The predicted octanol–water partition coefficient (Wildman–Crippen LogP) is 5.43. The number of nitrogens with one attached hydrogen (secondary N) is 2. The first-order chi connectivity index (χ1) is 15.5. The van der Waals surface area contributed by atoms with Crippen molar-refractivity contribution < 1.29 is 14.3 Å². The van der Waals surface area contributed by atoms with Crippen molar-refractivity contribution in [2.75, 3.05) is 17.7 Å². The maximum Gasteiger partial charge on any atom is 0.248 e. The lowest BCUT2D eigenvalue weighted by atomic mass is 10.1. The van der Waals surface area contributed by atoms with Gasteiger partial charge in [0.2, 0.25) is 11.8 Å². The average Bonchev–Trinajstić information content (AvgIpc) is 3.10. The van der Waals surface area contributed by atoms with Gasteiger partial charge in [-0.3, -0.25) is 9.59 Å². The highest BCUT2D eigenvalue weighted by Gasteiger charge is 2.10. The van der Waals surface area contributed by atoms with Crippen LogP contribution in [0.3, 0.4) is 0 Å². The van der Waals surface area contributed by atoms with Crippen LogP contribution in [0.25, 0.3) is 27.9 Å². The highest BCUT2D eigenvalue weighted by Crippen LogP contribution is 2.30. The van der Waals surface area contributed by atoms with E-state index in [9.17, 15) is 9.59 Å². The van der Waals surface area contributed by atoms with Crippen molar-refractivity contribution in [1.82, 2.24) is 4.57 Å². The molecule has 32 heavy (non-hydrogen) atoms. The SMILES string of the molecule is CCn1c2ccccc2c2cc(/C=C/C(=O)Nc3cc(NC(C)=O)ccc3OC)ccc21. The monoisotopic (exact) mass is 427 g/mol. The molecule has 0 saturated carbocycles. The summed E-state index contributed by atoms with van der Waals surface area (Å²) in [6.45, 7) is 4.46. The van der Waals surface area contributed by atoms with E-state index in [1.54, 1.807) is 24.3 Å². The van der Waals surface area contributed by atoms with Crippen LogP contribution in [0.5, 0.6) is 5.75 Å². The Kier molecular flexibility index (Phi) is 5.94. The molecule has 4 aromatic rings. The third-order valence-corrected chi connectivity index (χ3v) is 5.32. The van der Waals surface area contributed by atoms with Crippen LogP contribution in [-0.4, -0.2) is 23.5 Å². The highest BCUT2D eigenvalue weighted by molar-refractivity contribution is 6.09. The number of carbonyl (C=O) groups is 2. The number of rotatable bonds is 6. The second-order valence-electron chi connectivity index (χ2n) is 7.46. The first-order valence-corrected chi connectivity index (χ1v) is 10.5. The summed E-state index contributed by atoms with van der Waals surface area (Å²) in [6, 6.07) is 19.6. The summed E-state index contributed by atoms with van der Waals surface area (Å²) in [4.78, 5) is 23.9. The van der Waals surface area contributed by atoms with Gasteiger partial charge in [0, 0.05) is 47.0 Å². The molecule has 0 fully saturated rings. The molecule has 0 aliphatic heterocycles. The zero-order valence-electron chi connectivity index (χ0n) is 18.3. The van der Waals surface area contributed by atoms with Gasteiger partial charge in [-0.2, -0.15) is 0 Å². The third-order valence-electron chi connectivity index (χ3n) is 5.32. The number of fused-ring (bicyclic) bond motifs is 3. The van der Waals surface area contributed by atoms with Gasteiger partial charge in [0.25, 0.3) is 0 Å². The summed E-state index contributed by atoms with van der Waals surface area (Å²) < 4.78 is 7.61. The molecule has 0 radical (unpaired) electrons. The van der Waals surface area contributed by atoms with Crippen molar-refractivity contribution in [3.63, 3.8) is 0 Å². The van der Waals surface area contributed by atoms with Crippen LogP contribution in [0, 0.1) is 0 Å². The van der Waals surface area contributed by atoms with E-state index in [0.29, 0.717) is 17.1 Å². The quantitative estimate of drug-likeness (QED) is 0.403. The number of aryl methyl sites for hydroxylation is 1. The van der Waals surface area contributed by atoms with Crippen LogP contribution in [-0.2, 0) is 16.1 Å². The molecule has 4 rings (SSSR count). The molecule has 1 aromatic heterocycles. The first kappa shape index (κ1) is 21.2. The smallest absolute Gasteiger partial charge is 0.248 e. The number of amides is 2. The Morgan fingerprint density at radius 3 is 2.50 bits per heavy atom. The van der Waals surface area contributed by atoms with Gasteiger partial charge in [0.15, 0.2) is 0 Å². The molecule has 6 nitrogen and oxygen atoms in total. The fraction of sp³-hybridized carbons (Fsp3) is 0.154. The van der Waals surface area contributed by atoms with E-state index in [-0.39, 0.29) is 11.8 Å². The molecule has 162 valence electrons. The van der Waals surface area contributed by atoms with Crippen LogP contribution >= 0.6 is 0 Å². The fourth-order valence-corrected chi connectivity index (χ4v) is 3.95. The van der Waals surface area contributed by atoms with Gasteiger partial charge in [0.1, 0.15) is 5.75 Å². The molecule has 0 atom stereocenters. The van der Waals surface area contributed by atoms with Crippen LogP contribution in [0.15, 0.2) is 66.7 Å². The molecule has 3 aromatic carbocycles. The van der Waals surface area contributed by atoms with Gasteiger partial charge < -0.3 is 19.9 Å². The lowest BCUT2D eigenvalue weighted by Crippen LogP contribution is -2.10. The number of anilines is 2. The Morgan fingerprint density at radius 1 is 0.969 bits per heavy atom. The Balaban J connectivity index is 1.59. The Bertz CT molecular complexity index is 1350. The van der Waals surface area contributed by atoms with Crippen molar-refractivity contribution in [2.45, 2.75) is 20.4 Å². The molecule has 6 heteroatoms. The number of para-hydroxylation sites is 1. The normalized spacial score (nSPS) is 11.2. The number of benzene rings is 3. The second-order valence-corrected chi connectivity index (χ2v) is 7.46. The largest absolute Gasteiger partial charge is 0.495 e. The molecule has 0 aliphatic carbocycles. The maximum atomic E-state index is 12.6. The molecular formula is C26H25N3O3. The summed E-state index contributed by atoms with van der Waals surface area (Å²) in [6.07, 6.45) is 3.28. The Morgan fingerprint density at radius 2 is 1.75 bits per heavy atom. The second kappa shape index (κ2) is 8.98. The molecule has 1 heterocycles. The standard InChI is InChI=1S/C26H25N3O3/c1-4-29-23-8-6-5-7-20(23)21-15-18(9-12-24(21)29)10-14-26(31)28-22-16-19(27-17(2)30)11-13-25(22)32-3/h5-16H,4H2,1-3H3,(H,27,30)(H,28,31)/b14-10+. The van der Waals surface area contributed by atoms with Gasteiger partial charge in [0.05, 0.1) is 12.8 Å². The number of methoxy groups -OCH3 is 1. The molecule has 0 aliphatic rings. The zero-order valence-corrected chi connectivity index (χ0v) is 18.3. The highest BCUT2D eigenvalue weighted by atomic mass is 16.5. The van der Waals surface area contributed by atoms with Crippen molar-refractivity contribution in [1.29, 1.82) is 0 Å². The lowest BCUT2D eigenvalue weighted by Gasteiger charge is -2.11. The number of nitrogens with zero attached hydrogens (tertiary/aromatic N) is 1. The van der Waals surface area contributed by atoms with Crippen molar-refractivity contribution in [3.8, 4) is 5.75 Å². The van der Waals surface area contributed by atoms with Gasteiger partial charge in [-0.25, -0.2) is 0 Å². The summed E-state index contributed by atoms with van der Waals surface area (Å²) in [7, 11) is 1.53. The zero-order chi connectivity index (χ0) is 22.7. The number of ether oxygens (including phenoxy) is 1. The van der Waals surface area contributed by atoms with E-state index in [0.717, 1.165) is 17.5 Å². The topological polar surface area (TPSA) is 72.4 Å². The first-order valence-electron chi connectivity index (χ1n) is 10.5. The number of aromatic nitrogens is 1. The molecule has 0 bridgehead atoms. The van der Waals surface area contributed by atoms with E-state index < -0.39 is 0 Å². The van der Waals surface area contributed by atoms with E-state index >= 15 is 0 Å². The van der Waals surface area contributed by atoms with E-state index in [2.05, 4.69) is 46.4 Å². The molecule has 0 unspecified atom stereocenters. The van der Waals surface area contributed by atoms with E-state index in [1.807, 2.05) is 18.2 Å². The van der Waals surface area contributed by atoms with Gasteiger partial charge in [-0.15, -0.1) is 0 Å². The van der Waals surface area contributed by atoms with Crippen molar-refractivity contribution in [3.05, 3.63) is 72.3 Å². The third kappa shape index (κ3) is 4.21. The summed E-state index contributed by atoms with van der Waals surface area (Å²) in [5, 5.41) is 7.88. The minimum Gasteiger partial charge on any atom is -0.495 e. The van der Waals surface area contributed by atoms with Crippen LogP contribution < -0.4 is 15.4 Å². The minimum atomic E-state index is -0.292. The van der Waals surface area contributed by atoms with Gasteiger partial charge >= 0.3 is 0 Å². The Labute approximate surface area is 186 Å². The van der Waals surface area contributed by atoms with Crippen LogP contribution in [0.1, 0.15) is 19.4 Å². The number of hydrogen-bond donors (Lipinski definition) is 2. The summed E-state index contributed by atoms with van der Waals surface area (Å²) >= 11 is 0. The van der Waals surface area contributed by atoms with Crippen LogP contribution in [0.4, 0.5) is 11.4 Å². The lowest BCUT2D eigenvalue weighted by molar-refractivity contribution is -0.114. The summed E-state index contributed by atoms with van der Waals surface area (Å²) in [5.41, 5.74) is 4.38. The molecule has 0 saturated heterocycles. The molecular weight excluding hydrogens is 402 g/mol.